The fraction of sp³-hybridized carbons (Fsp3) is 0.533. The Bertz CT molecular complexity index is 683. The third-order valence-corrected chi connectivity index (χ3v) is 4.00. The second kappa shape index (κ2) is 11.3. The van der Waals surface area contributed by atoms with Crippen molar-refractivity contribution in [3.8, 4) is 0 Å². The monoisotopic (exact) mass is 416 g/mol. The number of hydrogen-bond acceptors (Lipinski definition) is 8. The van der Waals surface area contributed by atoms with E-state index in [1.165, 1.54) is 19.4 Å². The van der Waals surface area contributed by atoms with Crippen LogP contribution in [0.5, 0.6) is 0 Å². The molecule has 13 heteroatoms. The molecule has 156 valence electrons. The smallest absolute Gasteiger partial charge is 0.327 e. The summed E-state index contributed by atoms with van der Waals surface area (Å²) in [6, 6.07) is -3.56. The summed E-state index contributed by atoms with van der Waals surface area (Å²) < 4.78 is 0. The Morgan fingerprint density at radius 3 is 2.46 bits per heavy atom. The van der Waals surface area contributed by atoms with Gasteiger partial charge in [-0.05, 0) is 6.92 Å². The van der Waals surface area contributed by atoms with E-state index in [0.29, 0.717) is 5.69 Å². The number of carbonyl (C=O) groups is 4. The summed E-state index contributed by atoms with van der Waals surface area (Å²) in [6.45, 7) is 0.738. The second-order valence-electron chi connectivity index (χ2n) is 5.97. The van der Waals surface area contributed by atoms with E-state index in [4.69, 9.17) is 10.8 Å². The maximum Gasteiger partial charge on any atom is 0.327 e. The highest BCUT2D eigenvalue weighted by Gasteiger charge is 2.28. The molecule has 0 aliphatic rings. The first-order chi connectivity index (χ1) is 13.1. The van der Waals surface area contributed by atoms with Crippen LogP contribution >= 0.6 is 12.6 Å². The number of aromatic amines is 1. The number of nitrogens with two attached hydrogens (primary N) is 1. The number of nitrogens with one attached hydrogen (secondary N) is 4. The number of aromatic nitrogens is 2. The van der Waals surface area contributed by atoms with Gasteiger partial charge in [-0.3, -0.25) is 14.4 Å². The fourth-order valence-corrected chi connectivity index (χ4v) is 2.35. The summed E-state index contributed by atoms with van der Waals surface area (Å²) in [5, 5.41) is 25.3. The van der Waals surface area contributed by atoms with Crippen molar-refractivity contribution in [3.05, 3.63) is 18.2 Å². The van der Waals surface area contributed by atoms with E-state index >= 15 is 0 Å². The van der Waals surface area contributed by atoms with E-state index in [2.05, 4.69) is 38.5 Å². The topological polar surface area (TPSA) is 200 Å². The van der Waals surface area contributed by atoms with Crippen molar-refractivity contribution in [2.75, 3.05) is 12.3 Å². The van der Waals surface area contributed by atoms with Gasteiger partial charge >= 0.3 is 5.97 Å². The molecule has 0 aliphatic carbocycles. The molecule has 0 bridgehead atoms. The van der Waals surface area contributed by atoms with Crippen molar-refractivity contribution < 1.29 is 29.4 Å². The molecule has 8 N–H and O–H groups in total. The Balaban J connectivity index is 2.57. The zero-order valence-corrected chi connectivity index (χ0v) is 16.0. The Kier molecular flexibility index (Phi) is 9.41. The number of aliphatic carboxylic acids is 1. The summed E-state index contributed by atoms with van der Waals surface area (Å²) in [6.07, 6.45) is 1.80. The Morgan fingerprint density at radius 1 is 1.29 bits per heavy atom. The van der Waals surface area contributed by atoms with Gasteiger partial charge in [0.2, 0.25) is 17.7 Å². The number of H-pyrrole nitrogens is 1. The molecule has 4 atom stereocenters. The lowest BCUT2D eigenvalue weighted by Gasteiger charge is -2.22. The lowest BCUT2D eigenvalue weighted by molar-refractivity contribution is -0.141. The van der Waals surface area contributed by atoms with E-state index < -0.39 is 54.5 Å². The van der Waals surface area contributed by atoms with Crippen LogP contribution in [0.15, 0.2) is 12.5 Å². The third kappa shape index (κ3) is 7.54. The molecule has 28 heavy (non-hydrogen) atoms. The van der Waals surface area contributed by atoms with Crippen molar-refractivity contribution in [2.24, 2.45) is 5.73 Å². The highest BCUT2D eigenvalue weighted by Crippen LogP contribution is 1.99. The van der Waals surface area contributed by atoms with Crippen LogP contribution in [0.25, 0.3) is 0 Å². The highest BCUT2D eigenvalue weighted by atomic mass is 32.1. The molecule has 3 amide bonds. The molecule has 1 aromatic heterocycles. The first-order valence-electron chi connectivity index (χ1n) is 8.27. The molecule has 0 radical (unpaired) electrons. The minimum absolute atomic E-state index is 0.129. The predicted molar refractivity (Wildman–Crippen MR) is 100 cm³/mol. The number of imidazole rings is 1. The molecule has 0 saturated carbocycles. The van der Waals surface area contributed by atoms with Crippen LogP contribution in [0.3, 0.4) is 0 Å². The number of hydrogen-bond donors (Lipinski definition) is 8. The van der Waals surface area contributed by atoms with E-state index in [1.807, 2.05) is 0 Å². The van der Waals surface area contributed by atoms with Crippen molar-refractivity contribution >= 4 is 36.3 Å². The summed E-state index contributed by atoms with van der Waals surface area (Å²) in [7, 11) is 0. The maximum absolute atomic E-state index is 12.2. The standard InChI is InChI=1S/C15H24N6O6S/c1-7(22)12(21-13(24)9(16)2-8-3-17-6-19-8)14(25)18-4-11(23)20-10(5-28)15(26)27/h3,6-7,9-10,12,22,28H,2,4-5,16H2,1H3,(H,17,19)(H,18,25)(H,20,23)(H,21,24)(H,26,27). The average Bonchev–Trinajstić information content (AvgIpc) is 3.14. The molecular formula is C15H24N6O6S. The third-order valence-electron chi connectivity index (χ3n) is 3.63. The number of carbonyl (C=O) groups excluding carboxylic acids is 3. The Morgan fingerprint density at radius 2 is 1.96 bits per heavy atom. The second-order valence-corrected chi connectivity index (χ2v) is 6.34. The summed E-state index contributed by atoms with van der Waals surface area (Å²) in [4.78, 5) is 53.5. The molecule has 0 fully saturated rings. The molecule has 0 spiro atoms. The van der Waals surface area contributed by atoms with Gasteiger partial charge in [-0.1, -0.05) is 0 Å². The van der Waals surface area contributed by atoms with E-state index in [-0.39, 0.29) is 12.2 Å². The van der Waals surface area contributed by atoms with Gasteiger partial charge in [-0.15, -0.1) is 0 Å². The van der Waals surface area contributed by atoms with Crippen LogP contribution in [0.2, 0.25) is 0 Å². The molecule has 1 rings (SSSR count). The van der Waals surface area contributed by atoms with Crippen LogP contribution in [-0.4, -0.2) is 80.4 Å². The van der Waals surface area contributed by atoms with Gasteiger partial charge in [0.25, 0.3) is 0 Å². The molecule has 0 aromatic carbocycles. The summed E-state index contributed by atoms with van der Waals surface area (Å²) >= 11 is 3.80. The molecule has 4 unspecified atom stereocenters. The number of carboxylic acid groups (broad SMARTS) is 1. The van der Waals surface area contributed by atoms with E-state index in [0.717, 1.165) is 0 Å². The minimum Gasteiger partial charge on any atom is -0.480 e. The minimum atomic E-state index is -1.35. The number of thiol groups is 1. The van der Waals surface area contributed by atoms with Gasteiger partial charge in [0.05, 0.1) is 25.0 Å². The Labute approximate surface area is 166 Å². The van der Waals surface area contributed by atoms with Gasteiger partial charge in [-0.2, -0.15) is 12.6 Å². The number of amides is 3. The van der Waals surface area contributed by atoms with E-state index in [1.54, 1.807) is 0 Å². The zero-order valence-electron chi connectivity index (χ0n) is 15.1. The van der Waals surface area contributed by atoms with Crippen LogP contribution in [0.1, 0.15) is 12.6 Å². The SMILES string of the molecule is CC(O)C(NC(=O)C(N)Cc1cnc[nH]1)C(=O)NCC(=O)NC(CS)C(=O)O. The van der Waals surface area contributed by atoms with Crippen LogP contribution in [0.4, 0.5) is 0 Å². The maximum atomic E-state index is 12.2. The summed E-state index contributed by atoms with van der Waals surface area (Å²) in [5.41, 5.74) is 6.40. The van der Waals surface area contributed by atoms with Crippen LogP contribution in [-0.2, 0) is 25.6 Å². The number of aliphatic hydroxyl groups is 1. The number of nitrogens with zero attached hydrogens (tertiary/aromatic N) is 1. The van der Waals surface area contributed by atoms with Gasteiger partial charge in [0.1, 0.15) is 12.1 Å². The normalized spacial score (nSPS) is 15.0. The van der Waals surface area contributed by atoms with Gasteiger partial charge in [-0.25, -0.2) is 9.78 Å². The first kappa shape index (κ1) is 23.4. The summed E-state index contributed by atoms with van der Waals surface area (Å²) in [5.74, 6) is -3.67. The lowest BCUT2D eigenvalue weighted by Crippen LogP contribution is -2.57. The molecule has 1 aromatic rings. The molecule has 12 nitrogen and oxygen atoms in total. The number of rotatable bonds is 11. The van der Waals surface area contributed by atoms with Crippen LogP contribution < -0.4 is 21.7 Å². The zero-order chi connectivity index (χ0) is 21.3. The lowest BCUT2D eigenvalue weighted by atomic mass is 10.1. The van der Waals surface area contributed by atoms with Crippen molar-refractivity contribution in [2.45, 2.75) is 37.6 Å². The molecule has 0 saturated heterocycles. The predicted octanol–water partition coefficient (Wildman–Crippen LogP) is -3.24. The number of carboxylic acids is 1. The van der Waals surface area contributed by atoms with Gasteiger partial charge in [0.15, 0.2) is 0 Å². The highest BCUT2D eigenvalue weighted by molar-refractivity contribution is 7.80. The first-order valence-corrected chi connectivity index (χ1v) is 8.91. The largest absolute Gasteiger partial charge is 0.480 e. The van der Waals surface area contributed by atoms with Crippen molar-refractivity contribution in [1.29, 1.82) is 0 Å². The molecule has 1 heterocycles. The van der Waals surface area contributed by atoms with Crippen molar-refractivity contribution in [1.82, 2.24) is 25.9 Å². The van der Waals surface area contributed by atoms with E-state index in [9.17, 15) is 24.3 Å². The van der Waals surface area contributed by atoms with Gasteiger partial charge < -0.3 is 36.9 Å². The van der Waals surface area contributed by atoms with Crippen LogP contribution in [0, 0.1) is 0 Å². The number of aliphatic hydroxyl groups excluding tert-OH is 1. The molecular weight excluding hydrogens is 392 g/mol. The van der Waals surface area contributed by atoms with Gasteiger partial charge in [0, 0.05) is 24.1 Å². The van der Waals surface area contributed by atoms with Crippen molar-refractivity contribution in [3.63, 3.8) is 0 Å². The quantitative estimate of drug-likeness (QED) is 0.172. The average molecular weight is 416 g/mol. The fourth-order valence-electron chi connectivity index (χ4n) is 2.10. The molecule has 0 aliphatic heterocycles. The Hall–Kier alpha value is -2.64.